The molecule has 1 aromatic heterocycles. The van der Waals surface area contributed by atoms with Crippen LogP contribution in [0.4, 0.5) is 0 Å². The number of nitrogens with one attached hydrogen (secondary N) is 1. The monoisotopic (exact) mass is 152 g/mol. The Morgan fingerprint density at radius 1 is 1.64 bits per heavy atom. The van der Waals surface area contributed by atoms with E-state index in [0.29, 0.717) is 12.3 Å². The molecule has 1 aromatic rings. The van der Waals surface area contributed by atoms with Gasteiger partial charge in [0.25, 0.3) is 5.84 Å². The van der Waals surface area contributed by atoms with Crippen molar-refractivity contribution in [3.05, 3.63) is 30.1 Å². The zero-order valence-corrected chi connectivity index (χ0v) is 5.99. The van der Waals surface area contributed by atoms with Gasteiger partial charge >= 0.3 is 0 Å². The summed E-state index contributed by atoms with van der Waals surface area (Å²) in [5, 5.41) is 10.2. The lowest BCUT2D eigenvalue weighted by Gasteiger charge is -1.92. The first-order valence-corrected chi connectivity index (χ1v) is 3.24. The van der Waals surface area contributed by atoms with Gasteiger partial charge in [0.1, 0.15) is 0 Å². The van der Waals surface area contributed by atoms with Gasteiger partial charge in [0.05, 0.1) is 12.1 Å². The molecule has 0 spiro atoms. The average Bonchev–Trinajstić information content (AvgIpc) is 2.06. The van der Waals surface area contributed by atoms with Crippen LogP contribution < -0.4 is 10.9 Å². The number of hydrogen-bond acceptors (Lipinski definition) is 2. The number of amidine groups is 1. The molecule has 11 heavy (non-hydrogen) atoms. The first kappa shape index (κ1) is 7.53. The van der Waals surface area contributed by atoms with E-state index in [2.05, 4.69) is 4.98 Å². The summed E-state index contributed by atoms with van der Waals surface area (Å²) in [6, 6.07) is 5.53. The van der Waals surface area contributed by atoms with E-state index in [9.17, 15) is 0 Å². The van der Waals surface area contributed by atoms with E-state index in [-0.39, 0.29) is 0 Å². The van der Waals surface area contributed by atoms with Gasteiger partial charge in [-0.1, -0.05) is 11.2 Å². The summed E-state index contributed by atoms with van der Waals surface area (Å²) < 4.78 is 0. The number of hydrogen-bond donors (Lipinski definition) is 3. The summed E-state index contributed by atoms with van der Waals surface area (Å²) in [7, 11) is 0. The summed E-state index contributed by atoms with van der Waals surface area (Å²) >= 11 is 0. The molecule has 0 aromatic carbocycles. The predicted octanol–water partition coefficient (Wildman–Crippen LogP) is -1.55. The summed E-state index contributed by atoms with van der Waals surface area (Å²) in [6.07, 6.45) is 2.12. The third kappa shape index (κ3) is 2.25. The zero-order valence-electron chi connectivity index (χ0n) is 5.99. The molecule has 0 radical (unpaired) electrons. The van der Waals surface area contributed by atoms with Crippen LogP contribution in [0.2, 0.25) is 0 Å². The second kappa shape index (κ2) is 3.55. The first-order valence-electron chi connectivity index (χ1n) is 3.24. The van der Waals surface area contributed by atoms with Crippen molar-refractivity contribution < 1.29 is 10.4 Å². The van der Waals surface area contributed by atoms with Gasteiger partial charge in [-0.15, -0.1) is 0 Å². The lowest BCUT2D eigenvalue weighted by Crippen LogP contribution is -2.72. The molecule has 0 bridgehead atoms. The fourth-order valence-electron chi connectivity index (χ4n) is 0.737. The molecule has 0 aliphatic carbocycles. The molecule has 1 heterocycles. The fourth-order valence-corrected chi connectivity index (χ4v) is 0.737. The molecular weight excluding hydrogens is 142 g/mol. The van der Waals surface area contributed by atoms with E-state index in [1.54, 1.807) is 6.20 Å². The topological polar surface area (TPSA) is 73.1 Å². The van der Waals surface area contributed by atoms with Gasteiger partial charge in [-0.25, -0.2) is 0 Å². The summed E-state index contributed by atoms with van der Waals surface area (Å²) in [4.78, 5) is 4.01. The smallest absolute Gasteiger partial charge is 0.285 e. The molecular formula is C7H10N3O+. The van der Waals surface area contributed by atoms with Gasteiger partial charge in [0.2, 0.25) is 0 Å². The molecule has 0 fully saturated rings. The molecule has 0 amide bonds. The van der Waals surface area contributed by atoms with E-state index in [1.165, 1.54) is 0 Å². The van der Waals surface area contributed by atoms with Crippen molar-refractivity contribution in [2.75, 3.05) is 0 Å². The van der Waals surface area contributed by atoms with Crippen LogP contribution >= 0.6 is 0 Å². The number of nitrogens with zero attached hydrogens (tertiary/aromatic N) is 1. The highest BCUT2D eigenvalue weighted by molar-refractivity contribution is 5.76. The average molecular weight is 152 g/mol. The van der Waals surface area contributed by atoms with Crippen molar-refractivity contribution in [2.45, 2.75) is 6.42 Å². The van der Waals surface area contributed by atoms with Gasteiger partial charge in [0.15, 0.2) is 0 Å². The van der Waals surface area contributed by atoms with Crippen molar-refractivity contribution in [1.29, 1.82) is 0 Å². The predicted molar refractivity (Wildman–Crippen MR) is 39.9 cm³/mol. The Morgan fingerprint density at radius 2 is 2.45 bits per heavy atom. The van der Waals surface area contributed by atoms with Gasteiger partial charge in [-0.2, -0.15) is 0 Å². The number of nitrogens with two attached hydrogens (primary N) is 1. The largest absolute Gasteiger partial charge is 0.357 e. The minimum atomic E-state index is 0.295. The number of aromatic nitrogens is 1. The van der Waals surface area contributed by atoms with E-state index < -0.39 is 0 Å². The Balaban J connectivity index is 2.65. The van der Waals surface area contributed by atoms with Crippen molar-refractivity contribution in [3.63, 3.8) is 0 Å². The highest BCUT2D eigenvalue weighted by Gasteiger charge is 2.00. The highest BCUT2D eigenvalue weighted by atomic mass is 16.4. The molecule has 0 atom stereocenters. The zero-order chi connectivity index (χ0) is 8.10. The molecule has 58 valence electrons. The third-order valence-electron chi connectivity index (χ3n) is 1.24. The minimum absolute atomic E-state index is 0.295. The Bertz CT molecular complexity index is 245. The molecule has 0 unspecified atom stereocenters. The highest BCUT2D eigenvalue weighted by Crippen LogP contribution is 1.91. The van der Waals surface area contributed by atoms with Crippen LogP contribution in [0.5, 0.6) is 0 Å². The minimum Gasteiger partial charge on any atom is -0.357 e. The lowest BCUT2D eigenvalue weighted by atomic mass is 10.2. The van der Waals surface area contributed by atoms with Gasteiger partial charge in [-0.3, -0.25) is 10.7 Å². The van der Waals surface area contributed by atoms with Crippen LogP contribution in [0.3, 0.4) is 0 Å². The molecule has 0 saturated carbocycles. The van der Waals surface area contributed by atoms with Crippen LogP contribution in [-0.4, -0.2) is 16.0 Å². The second-order valence-electron chi connectivity index (χ2n) is 2.13. The Kier molecular flexibility index (Phi) is 2.43. The Labute approximate surface area is 64.4 Å². The normalized spacial score (nSPS) is 11.5. The van der Waals surface area contributed by atoms with Crippen molar-refractivity contribution in [1.82, 2.24) is 4.98 Å². The van der Waals surface area contributed by atoms with Crippen molar-refractivity contribution >= 4 is 5.84 Å². The Hall–Kier alpha value is -1.58. The molecule has 1 rings (SSSR count). The van der Waals surface area contributed by atoms with Gasteiger partial charge in [0, 0.05) is 6.20 Å². The van der Waals surface area contributed by atoms with Crippen LogP contribution in [-0.2, 0) is 6.42 Å². The van der Waals surface area contributed by atoms with E-state index in [4.69, 9.17) is 10.9 Å². The summed E-state index contributed by atoms with van der Waals surface area (Å²) in [6.45, 7) is 0. The Morgan fingerprint density at radius 3 is 3.00 bits per heavy atom. The number of pyridine rings is 1. The van der Waals surface area contributed by atoms with Gasteiger partial charge < -0.3 is 5.21 Å². The number of rotatable bonds is 2. The molecule has 4 heteroatoms. The standard InChI is InChI=1S/C7H9N3O/c8-7(10-11)5-6-3-1-2-4-9-6/h1-4,11H,5H2,(H2,8,10)/p+1. The molecule has 0 saturated heterocycles. The first-order chi connectivity index (χ1) is 5.33. The second-order valence-corrected chi connectivity index (χ2v) is 2.13. The van der Waals surface area contributed by atoms with Gasteiger partial charge in [-0.05, 0) is 12.1 Å². The maximum atomic E-state index is 8.36. The molecule has 4 N–H and O–H groups in total. The fraction of sp³-hybridized carbons (Fsp3) is 0.143. The van der Waals surface area contributed by atoms with Crippen LogP contribution in [0, 0.1) is 0 Å². The third-order valence-corrected chi connectivity index (χ3v) is 1.24. The summed E-state index contributed by atoms with van der Waals surface area (Å²) in [5.74, 6) is 0.295. The molecule has 4 nitrogen and oxygen atoms in total. The van der Waals surface area contributed by atoms with E-state index in [0.717, 1.165) is 5.69 Å². The lowest BCUT2D eigenvalue weighted by molar-refractivity contribution is -0.738. The van der Waals surface area contributed by atoms with Crippen molar-refractivity contribution in [2.24, 2.45) is 5.73 Å². The van der Waals surface area contributed by atoms with E-state index >= 15 is 0 Å². The quantitative estimate of drug-likeness (QED) is 0.208. The van der Waals surface area contributed by atoms with Crippen LogP contribution in [0.1, 0.15) is 5.69 Å². The maximum Gasteiger partial charge on any atom is 0.285 e. The van der Waals surface area contributed by atoms with Crippen LogP contribution in [0.25, 0.3) is 0 Å². The molecule has 0 aliphatic heterocycles. The van der Waals surface area contributed by atoms with Crippen LogP contribution in [0.15, 0.2) is 24.4 Å². The molecule has 0 aliphatic rings. The maximum absolute atomic E-state index is 8.36. The SMILES string of the molecule is NC(Cc1ccccn1)=[NH+]O. The van der Waals surface area contributed by atoms with E-state index in [1.807, 2.05) is 23.4 Å². The summed E-state index contributed by atoms with van der Waals surface area (Å²) in [5.41, 5.74) is 6.15. The van der Waals surface area contributed by atoms with Crippen molar-refractivity contribution in [3.8, 4) is 0 Å².